The molecule has 1 atom stereocenters. The molecule has 3 aromatic rings. The number of nitrogens with zero attached hydrogens (tertiary/aromatic N) is 1. The fraction of sp³-hybridized carbons (Fsp3) is 0.167. The van der Waals surface area contributed by atoms with Crippen LogP contribution in [-0.4, -0.2) is 25.8 Å². The molecule has 0 heterocycles. The predicted molar refractivity (Wildman–Crippen MR) is 115 cm³/mol. The smallest absolute Gasteiger partial charge is 0.258 e. The second-order valence-electron chi connectivity index (χ2n) is 6.52. The number of benzene rings is 3. The van der Waals surface area contributed by atoms with Crippen LogP contribution in [0.1, 0.15) is 24.1 Å². The minimum Gasteiger partial charge on any atom is -0.497 e. The number of aliphatic imine (C=N–C) groups is 1. The molecule has 1 amide bonds. The van der Waals surface area contributed by atoms with Crippen LogP contribution < -0.4 is 14.8 Å². The van der Waals surface area contributed by atoms with E-state index in [2.05, 4.69) is 10.3 Å². The number of amides is 1. The third kappa shape index (κ3) is 6.21. The Morgan fingerprint density at radius 2 is 1.76 bits per heavy atom. The molecule has 0 radical (unpaired) electrons. The van der Waals surface area contributed by atoms with E-state index in [1.54, 1.807) is 13.3 Å². The van der Waals surface area contributed by atoms with Gasteiger partial charge in [0, 0.05) is 12.3 Å². The number of rotatable bonds is 8. The molecular weight excluding hydrogens is 364 g/mol. The molecule has 0 fully saturated rings. The largest absolute Gasteiger partial charge is 0.497 e. The van der Waals surface area contributed by atoms with Gasteiger partial charge in [-0.3, -0.25) is 9.79 Å². The van der Waals surface area contributed by atoms with Crippen molar-refractivity contribution in [2.75, 3.05) is 13.7 Å². The van der Waals surface area contributed by atoms with Crippen LogP contribution in [0.5, 0.6) is 11.5 Å². The van der Waals surface area contributed by atoms with Gasteiger partial charge in [0.25, 0.3) is 5.91 Å². The van der Waals surface area contributed by atoms with Crippen molar-refractivity contribution >= 4 is 17.8 Å². The quantitative estimate of drug-likeness (QED) is 0.569. The normalized spacial score (nSPS) is 11.8. The first-order valence-corrected chi connectivity index (χ1v) is 9.39. The fourth-order valence-electron chi connectivity index (χ4n) is 2.75. The molecule has 5 heteroatoms. The molecule has 148 valence electrons. The van der Waals surface area contributed by atoms with Gasteiger partial charge in [0.15, 0.2) is 6.61 Å². The van der Waals surface area contributed by atoms with E-state index in [9.17, 15) is 4.79 Å². The first kappa shape index (κ1) is 20.1. The van der Waals surface area contributed by atoms with Crippen molar-refractivity contribution in [3.8, 4) is 11.5 Å². The van der Waals surface area contributed by atoms with E-state index in [0.29, 0.717) is 5.75 Å². The lowest BCUT2D eigenvalue weighted by molar-refractivity contribution is -0.123. The maximum absolute atomic E-state index is 12.1. The van der Waals surface area contributed by atoms with Gasteiger partial charge < -0.3 is 14.8 Å². The summed E-state index contributed by atoms with van der Waals surface area (Å²) in [7, 11) is 1.63. The Bertz CT molecular complexity index is 953. The summed E-state index contributed by atoms with van der Waals surface area (Å²) < 4.78 is 10.8. The van der Waals surface area contributed by atoms with Gasteiger partial charge >= 0.3 is 0 Å². The van der Waals surface area contributed by atoms with Crippen molar-refractivity contribution < 1.29 is 14.3 Å². The average molecular weight is 388 g/mol. The molecule has 3 aromatic carbocycles. The van der Waals surface area contributed by atoms with Gasteiger partial charge in [0.05, 0.1) is 18.8 Å². The minimum atomic E-state index is -0.162. The van der Waals surface area contributed by atoms with E-state index < -0.39 is 0 Å². The van der Waals surface area contributed by atoms with Gasteiger partial charge in [0.1, 0.15) is 11.5 Å². The van der Waals surface area contributed by atoms with Crippen LogP contribution in [0.15, 0.2) is 83.9 Å². The molecule has 0 aromatic heterocycles. The van der Waals surface area contributed by atoms with E-state index in [-0.39, 0.29) is 18.6 Å². The number of carbonyl (C=O) groups is 1. The maximum atomic E-state index is 12.1. The van der Waals surface area contributed by atoms with E-state index >= 15 is 0 Å². The lowest BCUT2D eigenvalue weighted by Gasteiger charge is -2.14. The Balaban J connectivity index is 1.50. The summed E-state index contributed by atoms with van der Waals surface area (Å²) in [4.78, 5) is 16.6. The number of ether oxygens (including phenoxy) is 2. The summed E-state index contributed by atoms with van der Waals surface area (Å²) in [6.07, 6.45) is 1.77. The molecule has 5 nitrogen and oxygen atoms in total. The highest BCUT2D eigenvalue weighted by Crippen LogP contribution is 2.19. The van der Waals surface area contributed by atoms with Crippen LogP contribution in [0.4, 0.5) is 5.69 Å². The van der Waals surface area contributed by atoms with Gasteiger partial charge in [-0.15, -0.1) is 0 Å². The van der Waals surface area contributed by atoms with Gasteiger partial charge in [-0.1, -0.05) is 36.4 Å². The zero-order valence-corrected chi connectivity index (χ0v) is 16.5. The van der Waals surface area contributed by atoms with Crippen molar-refractivity contribution in [1.82, 2.24) is 5.32 Å². The van der Waals surface area contributed by atoms with E-state index in [1.807, 2.05) is 85.8 Å². The van der Waals surface area contributed by atoms with Crippen LogP contribution in [0, 0.1) is 0 Å². The second-order valence-corrected chi connectivity index (χ2v) is 6.52. The molecule has 0 aliphatic rings. The Kier molecular flexibility index (Phi) is 7.00. The summed E-state index contributed by atoms with van der Waals surface area (Å²) in [5.74, 6) is 1.24. The van der Waals surface area contributed by atoms with Crippen LogP contribution >= 0.6 is 0 Å². The SMILES string of the molecule is COc1cccc(N=Cc2ccc(OCC(=O)N[C@H](C)c3ccccc3)cc2)c1. The summed E-state index contributed by atoms with van der Waals surface area (Å²) in [6.45, 7) is 1.91. The standard InChI is InChI=1S/C24H24N2O3/c1-18(20-7-4-3-5-8-20)26-24(27)17-29-22-13-11-19(12-14-22)16-25-21-9-6-10-23(15-21)28-2/h3-16,18H,17H2,1-2H3,(H,26,27)/t18-/m1/s1. The molecule has 29 heavy (non-hydrogen) atoms. The molecule has 0 bridgehead atoms. The Hall–Kier alpha value is -3.60. The lowest BCUT2D eigenvalue weighted by Crippen LogP contribution is -2.31. The summed E-state index contributed by atoms with van der Waals surface area (Å²) >= 11 is 0. The van der Waals surface area contributed by atoms with Gasteiger partial charge in [-0.05, 0) is 54.4 Å². The highest BCUT2D eigenvalue weighted by molar-refractivity contribution is 5.82. The monoisotopic (exact) mass is 388 g/mol. The number of hydrogen-bond acceptors (Lipinski definition) is 4. The predicted octanol–water partition coefficient (Wildman–Crippen LogP) is 4.70. The summed E-state index contributed by atoms with van der Waals surface area (Å²) in [6, 6.07) is 24.7. The highest BCUT2D eigenvalue weighted by Gasteiger charge is 2.09. The Morgan fingerprint density at radius 3 is 2.48 bits per heavy atom. The van der Waals surface area contributed by atoms with Crippen LogP contribution in [0.2, 0.25) is 0 Å². The molecule has 0 saturated carbocycles. The average Bonchev–Trinajstić information content (AvgIpc) is 2.77. The van der Waals surface area contributed by atoms with Crippen molar-refractivity contribution in [3.63, 3.8) is 0 Å². The van der Waals surface area contributed by atoms with Crippen molar-refractivity contribution in [2.45, 2.75) is 13.0 Å². The second kappa shape index (κ2) is 10.1. The molecular formula is C24H24N2O3. The fourth-order valence-corrected chi connectivity index (χ4v) is 2.75. The van der Waals surface area contributed by atoms with Crippen molar-refractivity contribution in [2.24, 2.45) is 4.99 Å². The number of methoxy groups -OCH3 is 1. The first-order valence-electron chi connectivity index (χ1n) is 9.39. The molecule has 0 saturated heterocycles. The van der Waals surface area contributed by atoms with E-state index in [1.165, 1.54) is 0 Å². The highest BCUT2D eigenvalue weighted by atomic mass is 16.5. The van der Waals surface area contributed by atoms with Gasteiger partial charge in [0.2, 0.25) is 0 Å². The number of hydrogen-bond donors (Lipinski definition) is 1. The van der Waals surface area contributed by atoms with Crippen LogP contribution in [0.25, 0.3) is 0 Å². The number of nitrogens with one attached hydrogen (secondary N) is 1. The first-order chi connectivity index (χ1) is 14.1. The van der Waals surface area contributed by atoms with Crippen molar-refractivity contribution in [3.05, 3.63) is 90.0 Å². The van der Waals surface area contributed by atoms with Crippen molar-refractivity contribution in [1.29, 1.82) is 0 Å². The Morgan fingerprint density at radius 1 is 1.00 bits per heavy atom. The lowest BCUT2D eigenvalue weighted by atomic mass is 10.1. The van der Waals surface area contributed by atoms with Gasteiger partial charge in [-0.25, -0.2) is 0 Å². The molecule has 3 rings (SSSR count). The summed E-state index contributed by atoms with van der Waals surface area (Å²) in [5.41, 5.74) is 2.80. The minimum absolute atomic E-state index is 0.0333. The molecule has 0 unspecified atom stereocenters. The number of carbonyl (C=O) groups excluding carboxylic acids is 1. The third-order valence-corrected chi connectivity index (χ3v) is 4.34. The molecule has 0 aliphatic heterocycles. The van der Waals surface area contributed by atoms with Gasteiger partial charge in [-0.2, -0.15) is 0 Å². The van der Waals surface area contributed by atoms with E-state index in [4.69, 9.17) is 9.47 Å². The third-order valence-electron chi connectivity index (χ3n) is 4.34. The molecule has 1 N–H and O–H groups in total. The zero-order valence-electron chi connectivity index (χ0n) is 16.5. The van der Waals surface area contributed by atoms with Crippen LogP contribution in [0.3, 0.4) is 0 Å². The molecule has 0 spiro atoms. The maximum Gasteiger partial charge on any atom is 0.258 e. The Labute approximate surface area is 171 Å². The van der Waals surface area contributed by atoms with E-state index in [0.717, 1.165) is 22.6 Å². The zero-order chi connectivity index (χ0) is 20.5. The topological polar surface area (TPSA) is 59.9 Å². The molecule has 0 aliphatic carbocycles. The summed E-state index contributed by atoms with van der Waals surface area (Å²) in [5, 5.41) is 2.93. The van der Waals surface area contributed by atoms with Crippen LogP contribution in [-0.2, 0) is 4.79 Å².